The Kier molecular flexibility index (Phi) is 18.8. The van der Waals surface area contributed by atoms with Crippen molar-refractivity contribution in [2.45, 2.75) is 110 Å². The summed E-state index contributed by atoms with van der Waals surface area (Å²) in [7, 11) is -10.7. The number of nitrogens with one attached hydrogen (secondary N) is 2. The number of anilines is 4. The Morgan fingerprint density at radius 1 is 0.775 bits per heavy atom. The van der Waals surface area contributed by atoms with Gasteiger partial charge in [0.15, 0.2) is 0 Å². The second-order valence-electron chi connectivity index (χ2n) is 20.4. The molecule has 1 saturated carbocycles. The minimum atomic E-state index is -6.05. The van der Waals surface area contributed by atoms with Crippen molar-refractivity contribution in [2.24, 2.45) is 0 Å². The first-order valence-corrected chi connectivity index (χ1v) is 31.4. The van der Waals surface area contributed by atoms with Gasteiger partial charge >= 0.3 is 11.5 Å². The number of sulfonamides is 1. The molecule has 0 amide bonds. The highest BCUT2D eigenvalue weighted by Gasteiger charge is 2.48. The summed E-state index contributed by atoms with van der Waals surface area (Å²) < 4.78 is 113. The zero-order valence-corrected chi connectivity index (χ0v) is 47.9. The van der Waals surface area contributed by atoms with Crippen molar-refractivity contribution in [1.82, 2.24) is 9.47 Å². The van der Waals surface area contributed by atoms with E-state index in [4.69, 9.17) is 21.1 Å². The molecular weight excluding hydrogens is 1110 g/mol. The van der Waals surface area contributed by atoms with Crippen LogP contribution >= 0.6 is 23.4 Å². The van der Waals surface area contributed by atoms with E-state index in [0.29, 0.717) is 100 Å². The lowest BCUT2D eigenvalue weighted by atomic mass is 9.95. The highest BCUT2D eigenvalue weighted by molar-refractivity contribution is 7.99. The molecule has 9 rings (SSSR count). The van der Waals surface area contributed by atoms with Gasteiger partial charge in [-0.05, 0) is 149 Å². The van der Waals surface area contributed by atoms with Crippen LogP contribution in [0.3, 0.4) is 0 Å². The van der Waals surface area contributed by atoms with Gasteiger partial charge in [0.25, 0.3) is 26.3 Å². The number of piperazine rings is 1. The number of nitrogens with zero attached hydrogens (tertiary/aromatic N) is 4. The predicted molar refractivity (Wildman–Crippen MR) is 310 cm³/mol. The summed E-state index contributed by atoms with van der Waals surface area (Å²) in [5.41, 5.74) is 0.749. The Hall–Kier alpha value is -6.19. The first-order valence-electron chi connectivity index (χ1n) is 27.1. The zero-order chi connectivity index (χ0) is 56.6. The summed E-state index contributed by atoms with van der Waals surface area (Å²) in [5.74, 6) is 0.0325. The van der Waals surface area contributed by atoms with Crippen LogP contribution < -0.4 is 19.8 Å². The second-order valence-corrected chi connectivity index (χ2v) is 25.5. The maximum absolute atomic E-state index is 14.4. The number of likely N-dealkylation sites (tertiary alicyclic amines) is 1. The Morgan fingerprint density at radius 3 is 2.10 bits per heavy atom. The SMILES string of the molecule is CCn1c(C)c(C(=O)OC2CCCCC2)c(-c2cccc(N3CCN(c4ccc(NS(=O)(=O)c5ccc(NC(CCN6CCC(OC=O)CC6)CSc6ccccc6)c(S(=O)(=O)C(F)(F)F)c5)cc4)CC3)c2)c1-c1ccc(Cl)cc1. The number of benzene rings is 5. The molecule has 0 radical (unpaired) electrons. The first kappa shape index (κ1) is 58.5. The molecule has 426 valence electrons. The standard InChI is InChI=1S/C59H66ClF3N6O8S3/c1-3-69-41(2)55(58(71)77-50-13-6-4-7-14-50)56(57(69)42-17-19-44(60)20-18-42)43-11-10-12-48(37-43)68-35-33-67(34-36-68)47-23-21-45(22-24-47)65-80(74,75)52-25-26-53(54(38-52)79(72,73)59(61,62)63)64-46(39-78-51-15-8-5-9-16-51)27-30-66-31-28-49(29-32-66)76-40-70/h5,8-12,15-26,37-38,40,46,49-50,64-65H,3-4,6-7,13-14,27-36,39H2,1-2H3. The zero-order valence-electron chi connectivity index (χ0n) is 44.7. The topological polar surface area (TPSA) is 160 Å². The van der Waals surface area contributed by atoms with E-state index in [0.717, 1.165) is 88.6 Å². The number of ether oxygens (including phenoxy) is 2. The largest absolute Gasteiger partial charge is 0.501 e. The molecule has 1 atom stereocenters. The van der Waals surface area contributed by atoms with E-state index < -0.39 is 41.2 Å². The fourth-order valence-corrected chi connectivity index (χ4v) is 14.2. The number of carbonyl (C=O) groups excluding carboxylic acids is 2. The van der Waals surface area contributed by atoms with Gasteiger partial charge in [-0.15, -0.1) is 11.8 Å². The third-order valence-electron chi connectivity index (χ3n) is 15.2. The number of carbonyl (C=O) groups is 2. The Labute approximate surface area is 475 Å². The molecule has 0 spiro atoms. The van der Waals surface area contributed by atoms with Gasteiger partial charge in [0.2, 0.25) is 0 Å². The summed E-state index contributed by atoms with van der Waals surface area (Å²) in [6, 6.07) is 34.0. The minimum Gasteiger partial charge on any atom is -0.464 e. The summed E-state index contributed by atoms with van der Waals surface area (Å²) in [4.78, 5) is 30.8. The quantitative estimate of drug-likeness (QED) is 0.0399. The molecule has 1 aliphatic carbocycles. The van der Waals surface area contributed by atoms with Crippen molar-refractivity contribution in [3.8, 4) is 22.4 Å². The third kappa shape index (κ3) is 13.8. The van der Waals surface area contributed by atoms with Crippen LogP contribution in [0.2, 0.25) is 5.02 Å². The second kappa shape index (κ2) is 25.7. The molecule has 80 heavy (non-hydrogen) atoms. The monoisotopic (exact) mass is 1170 g/mol. The minimum absolute atomic E-state index is 0.118. The molecule has 21 heteroatoms. The third-order valence-corrected chi connectivity index (χ3v) is 19.6. The average Bonchev–Trinajstić information content (AvgIpc) is 3.96. The van der Waals surface area contributed by atoms with E-state index in [1.807, 2.05) is 73.7 Å². The molecule has 3 heterocycles. The number of alkyl halides is 3. The van der Waals surface area contributed by atoms with Crippen LogP contribution in [0.25, 0.3) is 22.4 Å². The van der Waals surface area contributed by atoms with Crippen LogP contribution in [-0.2, 0) is 40.7 Å². The number of rotatable bonds is 21. The van der Waals surface area contributed by atoms with Gasteiger partial charge in [-0.3, -0.25) is 9.52 Å². The lowest BCUT2D eigenvalue weighted by Gasteiger charge is -2.37. The molecule has 2 aliphatic heterocycles. The average molecular weight is 1180 g/mol. The Morgan fingerprint density at radius 2 is 1.45 bits per heavy atom. The summed E-state index contributed by atoms with van der Waals surface area (Å²) in [6.07, 6.45) is 6.27. The highest BCUT2D eigenvalue weighted by atomic mass is 35.5. The van der Waals surface area contributed by atoms with Gasteiger partial charge < -0.3 is 34.1 Å². The van der Waals surface area contributed by atoms with Crippen LogP contribution in [0.15, 0.2) is 136 Å². The van der Waals surface area contributed by atoms with Crippen molar-refractivity contribution in [3.63, 3.8) is 0 Å². The number of hydrogen-bond acceptors (Lipinski definition) is 13. The van der Waals surface area contributed by atoms with E-state index in [-0.39, 0.29) is 29.6 Å². The molecule has 3 fully saturated rings. The van der Waals surface area contributed by atoms with E-state index >= 15 is 0 Å². The number of halogens is 4. The Balaban J connectivity index is 0.892. The van der Waals surface area contributed by atoms with Crippen LogP contribution in [-0.4, -0.2) is 114 Å². The predicted octanol–water partition coefficient (Wildman–Crippen LogP) is 12.3. The lowest BCUT2D eigenvalue weighted by molar-refractivity contribution is -0.135. The van der Waals surface area contributed by atoms with Crippen molar-refractivity contribution < 1.29 is 49.1 Å². The van der Waals surface area contributed by atoms with Crippen molar-refractivity contribution in [1.29, 1.82) is 0 Å². The summed E-state index contributed by atoms with van der Waals surface area (Å²) in [5, 5.41) is 3.65. The first-order chi connectivity index (χ1) is 38.4. The molecule has 0 bridgehead atoms. The van der Waals surface area contributed by atoms with Crippen LogP contribution in [0.1, 0.15) is 74.3 Å². The van der Waals surface area contributed by atoms with Gasteiger partial charge in [-0.25, -0.2) is 21.6 Å². The highest BCUT2D eigenvalue weighted by Crippen LogP contribution is 2.43. The van der Waals surface area contributed by atoms with Crippen LogP contribution in [0.4, 0.5) is 35.9 Å². The van der Waals surface area contributed by atoms with Gasteiger partial charge in [-0.1, -0.05) is 60.5 Å². The van der Waals surface area contributed by atoms with Gasteiger partial charge in [0, 0.05) is 102 Å². The molecule has 1 aromatic heterocycles. The van der Waals surface area contributed by atoms with Crippen LogP contribution in [0.5, 0.6) is 0 Å². The maximum Gasteiger partial charge on any atom is 0.501 e. The number of sulfone groups is 1. The fourth-order valence-electron chi connectivity index (χ4n) is 11.0. The number of piperidine rings is 1. The molecule has 2 saturated heterocycles. The Bertz CT molecular complexity index is 3330. The van der Waals surface area contributed by atoms with E-state index in [1.165, 1.54) is 11.8 Å². The molecule has 14 nitrogen and oxygen atoms in total. The molecule has 2 N–H and O–H groups in total. The normalized spacial score (nSPS) is 16.5. The number of hydrogen-bond donors (Lipinski definition) is 2. The number of aromatic nitrogens is 1. The van der Waals surface area contributed by atoms with Gasteiger partial charge in [0.1, 0.15) is 17.1 Å². The maximum atomic E-state index is 14.4. The summed E-state index contributed by atoms with van der Waals surface area (Å²) >= 11 is 7.80. The molecule has 1 unspecified atom stereocenters. The van der Waals surface area contributed by atoms with Crippen LogP contribution in [0, 0.1) is 6.92 Å². The molecule has 5 aromatic carbocycles. The fraction of sp³-hybridized carbons (Fsp3) is 0.390. The van der Waals surface area contributed by atoms with Crippen molar-refractivity contribution in [2.75, 3.05) is 71.4 Å². The molecular formula is C59H66ClF3N6O8S3. The smallest absolute Gasteiger partial charge is 0.464 e. The molecule has 6 aromatic rings. The van der Waals surface area contributed by atoms with E-state index in [9.17, 15) is 39.6 Å². The number of thioether (sulfide) groups is 1. The lowest BCUT2D eigenvalue weighted by Crippen LogP contribution is -2.46. The van der Waals surface area contributed by atoms with E-state index in [2.05, 4.69) is 48.4 Å². The van der Waals surface area contributed by atoms with Gasteiger partial charge in [0.05, 0.1) is 21.8 Å². The van der Waals surface area contributed by atoms with Gasteiger partial charge in [-0.2, -0.15) is 13.2 Å². The molecule has 3 aliphatic rings. The summed E-state index contributed by atoms with van der Waals surface area (Å²) in [6.45, 7) is 9.43. The van der Waals surface area contributed by atoms with E-state index in [1.54, 1.807) is 24.3 Å². The van der Waals surface area contributed by atoms with Crippen molar-refractivity contribution >= 4 is 78.4 Å². The number of esters is 1. The van der Waals surface area contributed by atoms with Crippen molar-refractivity contribution in [3.05, 3.63) is 138 Å².